The SMILES string of the molecule is CCCCCCCCCOc1ccc(-c2noc(C3CN(C(=N)N)C3)n2)cc1C(F)(F)F.Cl. The molecule has 0 atom stereocenters. The van der Waals surface area contributed by atoms with Crippen molar-refractivity contribution < 1.29 is 22.4 Å². The molecular weight excluding hydrogens is 459 g/mol. The van der Waals surface area contributed by atoms with E-state index >= 15 is 0 Å². The smallest absolute Gasteiger partial charge is 0.419 e. The molecule has 3 rings (SSSR count). The molecule has 1 aliphatic rings. The Labute approximate surface area is 197 Å². The third-order valence-corrected chi connectivity index (χ3v) is 5.56. The number of nitrogens with zero attached hydrogens (tertiary/aromatic N) is 3. The monoisotopic (exact) mass is 489 g/mol. The van der Waals surface area contributed by atoms with Crippen LogP contribution >= 0.6 is 12.4 Å². The molecule has 1 saturated heterocycles. The van der Waals surface area contributed by atoms with Gasteiger partial charge in [0, 0.05) is 18.7 Å². The Balaban J connectivity index is 0.00000385. The molecular formula is C22H31ClF3N5O2. The highest BCUT2D eigenvalue weighted by Crippen LogP contribution is 2.39. The molecule has 1 fully saturated rings. The third-order valence-electron chi connectivity index (χ3n) is 5.56. The van der Waals surface area contributed by atoms with Crippen LogP contribution in [0.2, 0.25) is 0 Å². The molecule has 0 amide bonds. The van der Waals surface area contributed by atoms with Crippen molar-refractivity contribution in [1.29, 1.82) is 5.41 Å². The van der Waals surface area contributed by atoms with Crippen LogP contribution in [0.5, 0.6) is 5.75 Å². The summed E-state index contributed by atoms with van der Waals surface area (Å²) in [5.41, 5.74) is 4.76. The molecule has 184 valence electrons. The van der Waals surface area contributed by atoms with Crippen LogP contribution in [-0.4, -0.2) is 40.7 Å². The zero-order valence-corrected chi connectivity index (χ0v) is 19.5. The fourth-order valence-corrected chi connectivity index (χ4v) is 3.61. The first-order valence-electron chi connectivity index (χ1n) is 11.1. The van der Waals surface area contributed by atoms with Crippen LogP contribution in [0.4, 0.5) is 13.2 Å². The van der Waals surface area contributed by atoms with Crippen molar-refractivity contribution in [2.24, 2.45) is 5.73 Å². The molecule has 0 saturated carbocycles. The van der Waals surface area contributed by atoms with Crippen molar-refractivity contribution in [3.05, 3.63) is 29.7 Å². The largest absolute Gasteiger partial charge is 0.493 e. The lowest BCUT2D eigenvalue weighted by molar-refractivity contribution is -0.138. The first-order valence-corrected chi connectivity index (χ1v) is 11.1. The first kappa shape index (κ1) is 26.8. The highest BCUT2D eigenvalue weighted by Gasteiger charge is 2.36. The predicted molar refractivity (Wildman–Crippen MR) is 122 cm³/mol. The van der Waals surface area contributed by atoms with E-state index in [1.54, 1.807) is 4.90 Å². The number of halogens is 4. The van der Waals surface area contributed by atoms with Gasteiger partial charge in [-0.05, 0) is 24.6 Å². The number of alkyl halides is 3. The molecule has 2 heterocycles. The lowest BCUT2D eigenvalue weighted by Gasteiger charge is -2.37. The van der Waals surface area contributed by atoms with Crippen molar-refractivity contribution in [2.45, 2.75) is 64.0 Å². The first-order chi connectivity index (χ1) is 15.3. The molecule has 0 radical (unpaired) electrons. The molecule has 0 spiro atoms. The second kappa shape index (κ2) is 12.1. The number of hydrogen-bond donors (Lipinski definition) is 2. The zero-order chi connectivity index (χ0) is 23.1. The van der Waals surface area contributed by atoms with E-state index in [4.69, 9.17) is 20.4 Å². The molecule has 3 N–H and O–H groups in total. The van der Waals surface area contributed by atoms with Gasteiger partial charge in [0.25, 0.3) is 0 Å². The van der Waals surface area contributed by atoms with Crippen LogP contribution in [0.15, 0.2) is 22.7 Å². The molecule has 1 aliphatic heterocycles. The van der Waals surface area contributed by atoms with Crippen LogP contribution in [0.3, 0.4) is 0 Å². The van der Waals surface area contributed by atoms with Crippen molar-refractivity contribution >= 4 is 18.4 Å². The van der Waals surface area contributed by atoms with Gasteiger partial charge in [-0.25, -0.2) is 0 Å². The quantitative estimate of drug-likeness (QED) is 0.242. The highest BCUT2D eigenvalue weighted by atomic mass is 35.5. The van der Waals surface area contributed by atoms with Gasteiger partial charge in [-0.3, -0.25) is 5.41 Å². The number of benzene rings is 1. The molecule has 1 aromatic carbocycles. The van der Waals surface area contributed by atoms with Crippen LogP contribution < -0.4 is 10.5 Å². The van der Waals surface area contributed by atoms with E-state index in [1.807, 2.05) is 0 Å². The standard InChI is InChI=1S/C22H30F3N5O2.ClH/c1-2-3-4-5-6-7-8-11-31-18-10-9-15(12-17(18)22(23,24)25)19-28-20(32-29-19)16-13-30(14-16)21(26)27;/h9-10,12,16H,2-8,11,13-14H2,1H3,(H3,26,27);1H. The summed E-state index contributed by atoms with van der Waals surface area (Å²) in [5.74, 6) is 0.0949. The van der Waals surface area contributed by atoms with Crippen molar-refractivity contribution in [1.82, 2.24) is 15.0 Å². The summed E-state index contributed by atoms with van der Waals surface area (Å²) in [6, 6.07) is 3.82. The van der Waals surface area contributed by atoms with Gasteiger partial charge in [-0.15, -0.1) is 12.4 Å². The Hall–Kier alpha value is -2.49. The van der Waals surface area contributed by atoms with Crippen LogP contribution in [-0.2, 0) is 6.18 Å². The summed E-state index contributed by atoms with van der Waals surface area (Å²) < 4.78 is 51.6. The fourth-order valence-electron chi connectivity index (χ4n) is 3.61. The van der Waals surface area contributed by atoms with Crippen LogP contribution in [0.25, 0.3) is 11.4 Å². The lowest BCUT2D eigenvalue weighted by atomic mass is 10.0. The Bertz CT molecular complexity index is 900. The van der Waals surface area contributed by atoms with E-state index in [2.05, 4.69) is 17.1 Å². The topological polar surface area (TPSA) is 101 Å². The van der Waals surface area contributed by atoms with Gasteiger partial charge in [0.1, 0.15) is 5.75 Å². The van der Waals surface area contributed by atoms with Crippen molar-refractivity contribution in [3.63, 3.8) is 0 Å². The Morgan fingerprint density at radius 3 is 2.48 bits per heavy atom. The van der Waals surface area contributed by atoms with Gasteiger partial charge in [0.15, 0.2) is 5.96 Å². The number of guanidine groups is 1. The minimum Gasteiger partial charge on any atom is -0.493 e. The fraction of sp³-hybridized carbons (Fsp3) is 0.591. The third kappa shape index (κ3) is 7.25. The highest BCUT2D eigenvalue weighted by molar-refractivity contribution is 5.85. The molecule has 2 aromatic rings. The summed E-state index contributed by atoms with van der Waals surface area (Å²) in [4.78, 5) is 5.87. The van der Waals surface area contributed by atoms with Gasteiger partial charge >= 0.3 is 6.18 Å². The van der Waals surface area contributed by atoms with E-state index in [9.17, 15) is 13.2 Å². The molecule has 11 heteroatoms. The molecule has 1 aromatic heterocycles. The van der Waals surface area contributed by atoms with Gasteiger partial charge in [-0.1, -0.05) is 50.6 Å². The summed E-state index contributed by atoms with van der Waals surface area (Å²) >= 11 is 0. The minimum atomic E-state index is -4.56. The summed E-state index contributed by atoms with van der Waals surface area (Å²) in [6.07, 6.45) is 2.92. The second-order valence-corrected chi connectivity index (χ2v) is 8.12. The van der Waals surface area contributed by atoms with Gasteiger partial charge in [0.05, 0.1) is 18.1 Å². The van der Waals surface area contributed by atoms with Gasteiger partial charge < -0.3 is 19.9 Å². The van der Waals surface area contributed by atoms with E-state index in [0.29, 0.717) is 19.0 Å². The van der Waals surface area contributed by atoms with Crippen molar-refractivity contribution in [2.75, 3.05) is 19.7 Å². The maximum absolute atomic E-state index is 13.6. The average Bonchev–Trinajstić information content (AvgIpc) is 3.17. The van der Waals surface area contributed by atoms with Crippen LogP contribution in [0.1, 0.15) is 69.2 Å². The predicted octanol–water partition coefficient (Wildman–Crippen LogP) is 5.60. The Morgan fingerprint density at radius 1 is 1.18 bits per heavy atom. The summed E-state index contributed by atoms with van der Waals surface area (Å²) in [5, 5.41) is 11.2. The zero-order valence-electron chi connectivity index (χ0n) is 18.7. The number of unbranched alkanes of at least 4 members (excludes halogenated alkanes) is 6. The normalized spacial score (nSPS) is 14.0. The molecule has 33 heavy (non-hydrogen) atoms. The second-order valence-electron chi connectivity index (χ2n) is 8.12. The van der Waals surface area contributed by atoms with Crippen LogP contribution in [0, 0.1) is 5.41 Å². The Kier molecular flexibility index (Phi) is 9.82. The van der Waals surface area contributed by atoms with E-state index in [0.717, 1.165) is 31.7 Å². The van der Waals surface area contributed by atoms with Crippen molar-refractivity contribution in [3.8, 4) is 17.1 Å². The molecule has 0 aliphatic carbocycles. The summed E-state index contributed by atoms with van der Waals surface area (Å²) in [6.45, 7) is 3.34. The van der Waals surface area contributed by atoms with E-state index < -0.39 is 11.7 Å². The number of hydrogen-bond acceptors (Lipinski definition) is 5. The number of ether oxygens (including phenoxy) is 1. The average molecular weight is 490 g/mol. The number of likely N-dealkylation sites (tertiary alicyclic amines) is 1. The lowest BCUT2D eigenvalue weighted by Crippen LogP contribution is -2.51. The van der Waals surface area contributed by atoms with Gasteiger partial charge in [0.2, 0.25) is 11.7 Å². The number of aromatic nitrogens is 2. The Morgan fingerprint density at radius 2 is 1.85 bits per heavy atom. The number of nitrogens with one attached hydrogen (secondary N) is 1. The number of nitrogens with two attached hydrogens (primary N) is 1. The minimum absolute atomic E-state index is 0. The maximum Gasteiger partial charge on any atom is 0.419 e. The molecule has 0 unspecified atom stereocenters. The summed E-state index contributed by atoms with van der Waals surface area (Å²) in [7, 11) is 0. The van der Waals surface area contributed by atoms with Gasteiger partial charge in [-0.2, -0.15) is 18.2 Å². The molecule has 7 nitrogen and oxygen atoms in total. The number of rotatable bonds is 11. The maximum atomic E-state index is 13.6. The van der Waals surface area contributed by atoms with E-state index in [1.165, 1.54) is 31.4 Å². The van der Waals surface area contributed by atoms with E-state index in [-0.39, 0.29) is 48.0 Å². The molecule has 0 bridgehead atoms.